The third-order valence-electron chi connectivity index (χ3n) is 2.68. The fourth-order valence-corrected chi connectivity index (χ4v) is 1.79. The van der Waals surface area contributed by atoms with Crippen LogP contribution in [0.3, 0.4) is 0 Å². The van der Waals surface area contributed by atoms with Crippen molar-refractivity contribution in [3.8, 4) is 11.5 Å². The van der Waals surface area contributed by atoms with E-state index in [4.69, 9.17) is 5.11 Å². The van der Waals surface area contributed by atoms with Crippen LogP contribution in [-0.2, 0) is 0 Å². The van der Waals surface area contributed by atoms with E-state index in [1.54, 1.807) is 31.2 Å². The highest BCUT2D eigenvalue weighted by molar-refractivity contribution is 5.49. The van der Waals surface area contributed by atoms with Crippen LogP contribution in [0.2, 0.25) is 0 Å². The summed E-state index contributed by atoms with van der Waals surface area (Å²) in [7, 11) is 0. The number of nitrogens with one attached hydrogen (secondary N) is 1. The van der Waals surface area contributed by atoms with Crippen molar-refractivity contribution in [3.05, 3.63) is 53.8 Å². The zero-order valence-electron chi connectivity index (χ0n) is 9.89. The van der Waals surface area contributed by atoms with Crippen LogP contribution in [0, 0.1) is 5.82 Å². The maximum atomic E-state index is 13.6. The van der Waals surface area contributed by atoms with Crippen LogP contribution in [0.15, 0.2) is 42.5 Å². The predicted molar refractivity (Wildman–Crippen MR) is 68.2 cm³/mol. The van der Waals surface area contributed by atoms with E-state index >= 15 is 0 Å². The van der Waals surface area contributed by atoms with Gasteiger partial charge in [0.1, 0.15) is 17.3 Å². The first-order valence-electron chi connectivity index (χ1n) is 5.60. The molecule has 18 heavy (non-hydrogen) atoms. The Morgan fingerprint density at radius 2 is 1.78 bits per heavy atom. The molecule has 2 aromatic rings. The minimum Gasteiger partial charge on any atom is -0.508 e. The molecule has 94 valence electrons. The average molecular weight is 247 g/mol. The molecule has 0 fully saturated rings. The van der Waals surface area contributed by atoms with Gasteiger partial charge in [-0.15, -0.1) is 0 Å². The van der Waals surface area contributed by atoms with Gasteiger partial charge < -0.3 is 15.5 Å². The fourth-order valence-electron chi connectivity index (χ4n) is 1.79. The SMILES string of the molecule is CC(Nc1cccc(O)c1)c1ccc(O)cc1F. The van der Waals surface area contributed by atoms with Crippen molar-refractivity contribution >= 4 is 5.69 Å². The molecule has 0 heterocycles. The summed E-state index contributed by atoms with van der Waals surface area (Å²) in [4.78, 5) is 0. The molecular formula is C14H14FNO2. The zero-order valence-corrected chi connectivity index (χ0v) is 9.89. The summed E-state index contributed by atoms with van der Waals surface area (Å²) in [5.74, 6) is -0.408. The van der Waals surface area contributed by atoms with Crippen LogP contribution in [0.25, 0.3) is 0 Å². The Balaban J connectivity index is 2.19. The molecule has 0 saturated heterocycles. The van der Waals surface area contributed by atoms with Crippen molar-refractivity contribution in [2.75, 3.05) is 5.32 Å². The number of hydrogen-bond acceptors (Lipinski definition) is 3. The van der Waals surface area contributed by atoms with Gasteiger partial charge in [-0.2, -0.15) is 0 Å². The van der Waals surface area contributed by atoms with Crippen molar-refractivity contribution < 1.29 is 14.6 Å². The maximum absolute atomic E-state index is 13.6. The Kier molecular flexibility index (Phi) is 3.37. The molecular weight excluding hydrogens is 233 g/mol. The Bertz CT molecular complexity index is 557. The monoisotopic (exact) mass is 247 g/mol. The number of phenolic OH excluding ortho intramolecular Hbond substituents is 2. The minimum absolute atomic E-state index is 0.0965. The predicted octanol–water partition coefficient (Wildman–Crippen LogP) is 3.41. The van der Waals surface area contributed by atoms with Gasteiger partial charge in [0.15, 0.2) is 0 Å². The molecule has 0 aliphatic carbocycles. The normalized spacial score (nSPS) is 12.1. The van der Waals surface area contributed by atoms with E-state index in [2.05, 4.69) is 5.32 Å². The number of hydrogen-bond donors (Lipinski definition) is 3. The number of anilines is 1. The molecule has 4 heteroatoms. The zero-order chi connectivity index (χ0) is 13.1. The molecule has 0 amide bonds. The van der Waals surface area contributed by atoms with Gasteiger partial charge in [-0.3, -0.25) is 0 Å². The molecule has 0 spiro atoms. The standard InChI is InChI=1S/C14H14FNO2/c1-9(13-6-5-12(18)8-14(13)15)16-10-3-2-4-11(17)7-10/h2-9,16-18H,1H3. The third kappa shape index (κ3) is 2.71. The highest BCUT2D eigenvalue weighted by atomic mass is 19.1. The lowest BCUT2D eigenvalue weighted by atomic mass is 10.1. The second kappa shape index (κ2) is 4.96. The Morgan fingerprint density at radius 3 is 2.44 bits per heavy atom. The summed E-state index contributed by atoms with van der Waals surface area (Å²) >= 11 is 0. The number of aromatic hydroxyl groups is 2. The number of halogens is 1. The van der Waals surface area contributed by atoms with E-state index in [1.165, 1.54) is 12.1 Å². The first kappa shape index (κ1) is 12.2. The third-order valence-corrected chi connectivity index (χ3v) is 2.68. The molecule has 2 aromatic carbocycles. The summed E-state index contributed by atoms with van der Waals surface area (Å²) in [5, 5.41) is 21.6. The smallest absolute Gasteiger partial charge is 0.132 e. The molecule has 2 rings (SSSR count). The average Bonchev–Trinajstić information content (AvgIpc) is 2.28. The second-order valence-corrected chi connectivity index (χ2v) is 4.12. The highest BCUT2D eigenvalue weighted by Gasteiger charge is 2.11. The summed E-state index contributed by atoms with van der Waals surface area (Å²) < 4.78 is 13.6. The molecule has 1 atom stereocenters. The van der Waals surface area contributed by atoms with Gasteiger partial charge in [0, 0.05) is 23.4 Å². The van der Waals surface area contributed by atoms with Crippen LogP contribution >= 0.6 is 0 Å². The lowest BCUT2D eigenvalue weighted by molar-refractivity contribution is 0.467. The van der Waals surface area contributed by atoms with Crippen molar-refractivity contribution in [1.82, 2.24) is 0 Å². The van der Waals surface area contributed by atoms with Crippen molar-refractivity contribution in [1.29, 1.82) is 0 Å². The van der Waals surface area contributed by atoms with E-state index < -0.39 is 5.82 Å². The molecule has 0 aliphatic rings. The Morgan fingerprint density at radius 1 is 1.06 bits per heavy atom. The molecule has 1 unspecified atom stereocenters. The van der Waals surface area contributed by atoms with E-state index in [1.807, 2.05) is 0 Å². The molecule has 0 saturated carbocycles. The van der Waals surface area contributed by atoms with Crippen LogP contribution in [0.4, 0.5) is 10.1 Å². The summed E-state index contributed by atoms with van der Waals surface area (Å²) in [5.41, 5.74) is 1.16. The van der Waals surface area contributed by atoms with Crippen LogP contribution in [0.1, 0.15) is 18.5 Å². The van der Waals surface area contributed by atoms with E-state index in [-0.39, 0.29) is 17.5 Å². The Hall–Kier alpha value is -2.23. The first-order valence-corrected chi connectivity index (χ1v) is 5.60. The summed E-state index contributed by atoms with van der Waals surface area (Å²) in [6, 6.07) is 10.4. The van der Waals surface area contributed by atoms with Gasteiger partial charge >= 0.3 is 0 Å². The second-order valence-electron chi connectivity index (χ2n) is 4.12. The number of rotatable bonds is 3. The van der Waals surface area contributed by atoms with Crippen LogP contribution in [-0.4, -0.2) is 10.2 Å². The first-order chi connectivity index (χ1) is 8.56. The molecule has 3 N–H and O–H groups in total. The van der Waals surface area contributed by atoms with Gasteiger partial charge in [-0.25, -0.2) is 4.39 Å². The summed E-state index contributed by atoms with van der Waals surface area (Å²) in [6.07, 6.45) is 0. The topological polar surface area (TPSA) is 52.5 Å². The summed E-state index contributed by atoms with van der Waals surface area (Å²) in [6.45, 7) is 1.81. The number of benzene rings is 2. The van der Waals surface area contributed by atoms with E-state index in [0.29, 0.717) is 11.3 Å². The van der Waals surface area contributed by atoms with Gasteiger partial charge in [-0.05, 0) is 25.1 Å². The lowest BCUT2D eigenvalue weighted by Gasteiger charge is -2.16. The van der Waals surface area contributed by atoms with Crippen LogP contribution in [0.5, 0.6) is 11.5 Å². The molecule has 0 aromatic heterocycles. The highest BCUT2D eigenvalue weighted by Crippen LogP contribution is 2.25. The van der Waals surface area contributed by atoms with Gasteiger partial charge in [-0.1, -0.05) is 12.1 Å². The van der Waals surface area contributed by atoms with Crippen molar-refractivity contribution in [3.63, 3.8) is 0 Å². The quantitative estimate of drug-likeness (QED) is 0.779. The van der Waals surface area contributed by atoms with Gasteiger partial charge in [0.05, 0.1) is 6.04 Å². The van der Waals surface area contributed by atoms with Crippen molar-refractivity contribution in [2.45, 2.75) is 13.0 Å². The number of phenols is 2. The lowest BCUT2D eigenvalue weighted by Crippen LogP contribution is -2.08. The molecule has 3 nitrogen and oxygen atoms in total. The van der Waals surface area contributed by atoms with Gasteiger partial charge in [0.25, 0.3) is 0 Å². The van der Waals surface area contributed by atoms with Gasteiger partial charge in [0.2, 0.25) is 0 Å². The van der Waals surface area contributed by atoms with Crippen LogP contribution < -0.4 is 5.32 Å². The molecule has 0 bridgehead atoms. The largest absolute Gasteiger partial charge is 0.508 e. The fraction of sp³-hybridized carbons (Fsp3) is 0.143. The van der Waals surface area contributed by atoms with Crippen molar-refractivity contribution in [2.24, 2.45) is 0 Å². The van der Waals surface area contributed by atoms with E-state index in [0.717, 1.165) is 6.07 Å². The minimum atomic E-state index is -0.463. The molecule has 0 aliphatic heterocycles. The van der Waals surface area contributed by atoms with E-state index in [9.17, 15) is 9.50 Å². The maximum Gasteiger partial charge on any atom is 0.132 e. The Labute approximate surface area is 105 Å². The molecule has 0 radical (unpaired) electrons.